The summed E-state index contributed by atoms with van der Waals surface area (Å²) >= 11 is 4.49. The standard InChI is InChI=1S/C13H16BrN3O2S/c1-9(10-2-4-11(14)5-3-10)15-6-12(18)8-19-13-7-16-20-17-13/h2-5,7,9,12,15,18H,6,8H2,1H3. The second kappa shape index (κ2) is 7.68. The van der Waals surface area contributed by atoms with Gasteiger partial charge in [0.15, 0.2) is 0 Å². The molecular weight excluding hydrogens is 342 g/mol. The Morgan fingerprint density at radius 3 is 2.80 bits per heavy atom. The van der Waals surface area contributed by atoms with Crippen molar-refractivity contribution < 1.29 is 9.84 Å². The van der Waals surface area contributed by atoms with Crippen LogP contribution >= 0.6 is 27.7 Å². The normalized spacial score (nSPS) is 13.9. The number of aromatic nitrogens is 2. The number of benzene rings is 1. The average molecular weight is 358 g/mol. The van der Waals surface area contributed by atoms with Crippen molar-refractivity contribution in [3.63, 3.8) is 0 Å². The number of hydrogen-bond donors (Lipinski definition) is 2. The number of rotatable bonds is 7. The molecule has 1 aromatic carbocycles. The van der Waals surface area contributed by atoms with Crippen LogP contribution < -0.4 is 10.1 Å². The molecule has 0 amide bonds. The van der Waals surface area contributed by atoms with Crippen LogP contribution in [0.4, 0.5) is 0 Å². The van der Waals surface area contributed by atoms with Crippen molar-refractivity contribution in [2.75, 3.05) is 13.2 Å². The molecule has 5 nitrogen and oxygen atoms in total. The molecule has 2 N–H and O–H groups in total. The monoisotopic (exact) mass is 357 g/mol. The second-order valence-electron chi connectivity index (χ2n) is 4.39. The van der Waals surface area contributed by atoms with Gasteiger partial charge in [-0.15, -0.1) is 4.37 Å². The molecule has 0 aliphatic heterocycles. The summed E-state index contributed by atoms with van der Waals surface area (Å²) in [6.45, 7) is 2.71. The highest BCUT2D eigenvalue weighted by atomic mass is 79.9. The predicted octanol–water partition coefficient (Wildman–Crippen LogP) is 2.39. The molecule has 0 aliphatic carbocycles. The SMILES string of the molecule is CC(NCC(O)COc1cnsn1)c1ccc(Br)cc1. The van der Waals surface area contributed by atoms with E-state index in [0.29, 0.717) is 12.4 Å². The molecule has 2 unspecified atom stereocenters. The summed E-state index contributed by atoms with van der Waals surface area (Å²) in [4.78, 5) is 0. The molecule has 108 valence electrons. The number of halogens is 1. The van der Waals surface area contributed by atoms with Crippen LogP contribution in [-0.4, -0.2) is 33.1 Å². The van der Waals surface area contributed by atoms with E-state index in [1.807, 2.05) is 24.3 Å². The van der Waals surface area contributed by atoms with Gasteiger partial charge in [0, 0.05) is 17.1 Å². The van der Waals surface area contributed by atoms with Crippen LogP contribution in [-0.2, 0) is 0 Å². The molecule has 1 aromatic heterocycles. The number of aliphatic hydroxyl groups excluding tert-OH is 1. The van der Waals surface area contributed by atoms with Gasteiger partial charge in [0.2, 0.25) is 5.88 Å². The predicted molar refractivity (Wildman–Crippen MR) is 82.0 cm³/mol. The average Bonchev–Trinajstić information content (AvgIpc) is 2.96. The van der Waals surface area contributed by atoms with Gasteiger partial charge in [-0.2, -0.15) is 4.37 Å². The third-order valence-electron chi connectivity index (χ3n) is 2.79. The van der Waals surface area contributed by atoms with E-state index in [2.05, 4.69) is 36.9 Å². The summed E-state index contributed by atoms with van der Waals surface area (Å²) in [6, 6.07) is 8.26. The van der Waals surface area contributed by atoms with Gasteiger partial charge in [0.05, 0.1) is 11.7 Å². The molecule has 0 bridgehead atoms. The minimum atomic E-state index is -0.588. The van der Waals surface area contributed by atoms with Crippen LogP contribution in [0.3, 0.4) is 0 Å². The van der Waals surface area contributed by atoms with Gasteiger partial charge < -0.3 is 15.2 Å². The molecule has 0 fully saturated rings. The lowest BCUT2D eigenvalue weighted by molar-refractivity contribution is 0.102. The van der Waals surface area contributed by atoms with E-state index in [0.717, 1.165) is 16.2 Å². The first kappa shape index (κ1) is 15.4. The van der Waals surface area contributed by atoms with Gasteiger partial charge in [-0.3, -0.25) is 0 Å². The first-order chi connectivity index (χ1) is 9.65. The Hall–Kier alpha value is -1.02. The molecule has 20 heavy (non-hydrogen) atoms. The van der Waals surface area contributed by atoms with Crippen LogP contribution in [0.15, 0.2) is 34.9 Å². The fourth-order valence-electron chi connectivity index (χ4n) is 1.64. The van der Waals surface area contributed by atoms with Crippen LogP contribution in [0.2, 0.25) is 0 Å². The molecule has 0 saturated carbocycles. The lowest BCUT2D eigenvalue weighted by Crippen LogP contribution is -2.33. The fraction of sp³-hybridized carbons (Fsp3) is 0.385. The minimum Gasteiger partial charge on any atom is -0.473 e. The van der Waals surface area contributed by atoms with Gasteiger partial charge in [-0.1, -0.05) is 28.1 Å². The maximum atomic E-state index is 9.85. The van der Waals surface area contributed by atoms with Crippen molar-refractivity contribution in [1.29, 1.82) is 0 Å². The highest BCUT2D eigenvalue weighted by Gasteiger charge is 2.10. The third-order valence-corrected chi connectivity index (χ3v) is 3.78. The van der Waals surface area contributed by atoms with Gasteiger partial charge in [0.1, 0.15) is 18.9 Å². The van der Waals surface area contributed by atoms with E-state index in [4.69, 9.17) is 4.74 Å². The summed E-state index contributed by atoms with van der Waals surface area (Å²) in [5.74, 6) is 0.454. The molecule has 2 rings (SSSR count). The largest absolute Gasteiger partial charge is 0.473 e. The van der Waals surface area contributed by atoms with Crippen LogP contribution in [0.25, 0.3) is 0 Å². The number of aliphatic hydroxyl groups is 1. The Labute approximate surface area is 130 Å². The Morgan fingerprint density at radius 1 is 1.40 bits per heavy atom. The van der Waals surface area contributed by atoms with Crippen molar-refractivity contribution in [2.45, 2.75) is 19.1 Å². The van der Waals surface area contributed by atoms with E-state index < -0.39 is 6.10 Å². The summed E-state index contributed by atoms with van der Waals surface area (Å²) in [5, 5.41) is 13.1. The highest BCUT2D eigenvalue weighted by Crippen LogP contribution is 2.16. The van der Waals surface area contributed by atoms with Crippen molar-refractivity contribution in [3.8, 4) is 5.88 Å². The van der Waals surface area contributed by atoms with E-state index >= 15 is 0 Å². The molecule has 0 spiro atoms. The summed E-state index contributed by atoms with van der Waals surface area (Å²) < 4.78 is 14.1. The smallest absolute Gasteiger partial charge is 0.245 e. The van der Waals surface area contributed by atoms with Crippen LogP contribution in [0.5, 0.6) is 5.88 Å². The molecule has 2 aromatic rings. The molecule has 0 saturated heterocycles. The van der Waals surface area contributed by atoms with Crippen molar-refractivity contribution in [3.05, 3.63) is 40.5 Å². The van der Waals surface area contributed by atoms with Gasteiger partial charge in [-0.25, -0.2) is 0 Å². The summed E-state index contributed by atoms with van der Waals surface area (Å²) in [7, 11) is 0. The van der Waals surface area contributed by atoms with Crippen molar-refractivity contribution in [2.24, 2.45) is 0 Å². The van der Waals surface area contributed by atoms with E-state index in [-0.39, 0.29) is 12.6 Å². The van der Waals surface area contributed by atoms with Crippen LogP contribution in [0.1, 0.15) is 18.5 Å². The first-order valence-corrected chi connectivity index (χ1v) is 7.75. The van der Waals surface area contributed by atoms with Crippen LogP contribution in [0, 0.1) is 0 Å². The molecular formula is C13H16BrN3O2S. The number of hydrogen-bond acceptors (Lipinski definition) is 6. The zero-order valence-electron chi connectivity index (χ0n) is 11.0. The number of ether oxygens (including phenoxy) is 1. The maximum Gasteiger partial charge on any atom is 0.245 e. The zero-order valence-corrected chi connectivity index (χ0v) is 13.4. The Morgan fingerprint density at radius 2 is 2.15 bits per heavy atom. The van der Waals surface area contributed by atoms with E-state index in [1.54, 1.807) is 0 Å². The second-order valence-corrected chi connectivity index (χ2v) is 5.86. The van der Waals surface area contributed by atoms with Gasteiger partial charge >= 0.3 is 0 Å². The Kier molecular flexibility index (Phi) is 5.90. The Bertz CT molecular complexity index is 507. The molecule has 2 atom stereocenters. The molecule has 0 radical (unpaired) electrons. The molecule has 0 aliphatic rings. The minimum absolute atomic E-state index is 0.165. The van der Waals surface area contributed by atoms with E-state index in [9.17, 15) is 5.11 Å². The first-order valence-electron chi connectivity index (χ1n) is 6.22. The summed E-state index contributed by atoms with van der Waals surface area (Å²) in [5.41, 5.74) is 1.17. The quantitative estimate of drug-likeness (QED) is 0.796. The Balaban J connectivity index is 1.72. The van der Waals surface area contributed by atoms with E-state index in [1.165, 1.54) is 11.8 Å². The number of nitrogens with one attached hydrogen (secondary N) is 1. The molecule has 7 heteroatoms. The third kappa shape index (κ3) is 4.82. The van der Waals surface area contributed by atoms with Crippen molar-refractivity contribution >= 4 is 27.7 Å². The van der Waals surface area contributed by atoms with Gasteiger partial charge in [0.25, 0.3) is 0 Å². The lowest BCUT2D eigenvalue weighted by atomic mass is 10.1. The topological polar surface area (TPSA) is 67.3 Å². The lowest BCUT2D eigenvalue weighted by Gasteiger charge is -2.17. The highest BCUT2D eigenvalue weighted by molar-refractivity contribution is 9.10. The van der Waals surface area contributed by atoms with Crippen molar-refractivity contribution in [1.82, 2.24) is 14.1 Å². The summed E-state index contributed by atoms with van der Waals surface area (Å²) in [6.07, 6.45) is 0.949. The maximum absolute atomic E-state index is 9.85. The fourth-order valence-corrected chi connectivity index (χ4v) is 2.27. The molecule has 1 heterocycles. The number of nitrogens with zero attached hydrogens (tertiary/aromatic N) is 2. The zero-order chi connectivity index (χ0) is 14.4. The van der Waals surface area contributed by atoms with Gasteiger partial charge in [-0.05, 0) is 24.6 Å².